The highest BCUT2D eigenvalue weighted by atomic mass is 16.5. The van der Waals surface area contributed by atoms with Crippen LogP contribution in [0.5, 0.6) is 5.75 Å². The molecule has 4 rings (SSSR count). The molecule has 31 heavy (non-hydrogen) atoms. The highest BCUT2D eigenvalue weighted by Gasteiger charge is 2.35. The summed E-state index contributed by atoms with van der Waals surface area (Å²) in [5.41, 5.74) is 12.9. The van der Waals surface area contributed by atoms with Gasteiger partial charge in [0, 0.05) is 5.56 Å². The van der Waals surface area contributed by atoms with Gasteiger partial charge in [-0.2, -0.15) is 0 Å². The van der Waals surface area contributed by atoms with Crippen molar-refractivity contribution in [2.45, 2.75) is 43.9 Å². The highest BCUT2D eigenvalue weighted by Crippen LogP contribution is 2.32. The number of ether oxygens (including phenoxy) is 1. The first-order valence-electron chi connectivity index (χ1n) is 10.4. The molecule has 0 bridgehead atoms. The number of nitrogen functional groups attached to an aromatic ring is 1. The molecule has 0 saturated heterocycles. The zero-order valence-electron chi connectivity index (χ0n) is 17.1. The van der Waals surface area contributed by atoms with E-state index >= 15 is 0 Å². The van der Waals surface area contributed by atoms with Gasteiger partial charge in [0.2, 0.25) is 0 Å². The number of nitrogens with zero attached hydrogens (tertiary/aromatic N) is 4. The van der Waals surface area contributed by atoms with Crippen LogP contribution in [-0.2, 0) is 0 Å². The molecule has 1 aliphatic rings. The van der Waals surface area contributed by atoms with E-state index in [1.54, 1.807) is 30.6 Å². The molecule has 1 saturated carbocycles. The molecule has 0 spiro atoms. The van der Waals surface area contributed by atoms with Crippen LogP contribution in [0.4, 0.5) is 5.82 Å². The van der Waals surface area contributed by atoms with Gasteiger partial charge in [-0.15, -0.1) is 0 Å². The Morgan fingerprint density at radius 3 is 3.00 bits per heavy atom. The fourth-order valence-electron chi connectivity index (χ4n) is 3.98. The van der Waals surface area contributed by atoms with E-state index in [-0.39, 0.29) is 11.9 Å². The molecule has 3 aromatic rings. The third-order valence-corrected chi connectivity index (χ3v) is 5.60. The molecule has 10 heteroatoms. The van der Waals surface area contributed by atoms with Crippen LogP contribution in [0.3, 0.4) is 0 Å². The molecular formula is C21H27N7O3. The van der Waals surface area contributed by atoms with Gasteiger partial charge < -0.3 is 31.2 Å². The Kier molecular flexibility index (Phi) is 6.28. The van der Waals surface area contributed by atoms with Crippen molar-refractivity contribution < 1.29 is 14.6 Å². The molecule has 1 fully saturated rings. The van der Waals surface area contributed by atoms with Crippen molar-refractivity contribution in [3.8, 4) is 5.75 Å². The summed E-state index contributed by atoms with van der Waals surface area (Å²) >= 11 is 0. The van der Waals surface area contributed by atoms with E-state index in [9.17, 15) is 9.90 Å². The van der Waals surface area contributed by atoms with Crippen LogP contribution in [0.25, 0.3) is 11.2 Å². The van der Waals surface area contributed by atoms with Gasteiger partial charge >= 0.3 is 0 Å². The standard InChI is InChI=1S/C21H27N7O3/c22-8-3-9-31-14-5-1-4-13(10-14)21(30)27-15-6-2-7-16(18(15)29)28-12-26-17-19(23)24-11-25-20(17)28/h1,4-5,10-12,15-16,18,29H,2-3,6-9,22H2,(H,27,30)(H2,23,24,25)/t15-,16-,18-/m0/s1. The van der Waals surface area contributed by atoms with Gasteiger partial charge in [0.25, 0.3) is 5.91 Å². The van der Waals surface area contributed by atoms with E-state index in [0.717, 1.165) is 19.3 Å². The Hall–Kier alpha value is -3.24. The lowest BCUT2D eigenvalue weighted by Gasteiger charge is -2.36. The molecule has 1 amide bonds. The van der Waals surface area contributed by atoms with Crippen molar-refractivity contribution in [3.63, 3.8) is 0 Å². The zero-order chi connectivity index (χ0) is 21.8. The predicted molar refractivity (Wildman–Crippen MR) is 115 cm³/mol. The SMILES string of the molecule is NCCCOc1cccc(C(=O)N[C@H]2CCC[C@H](n3cnc4c(N)ncnc43)[C@H]2O)c1. The van der Waals surface area contributed by atoms with Gasteiger partial charge in [0.15, 0.2) is 11.5 Å². The van der Waals surface area contributed by atoms with Gasteiger partial charge in [0.05, 0.1) is 31.1 Å². The average Bonchev–Trinajstić information content (AvgIpc) is 3.21. The summed E-state index contributed by atoms with van der Waals surface area (Å²) in [6, 6.07) is 6.32. The molecule has 10 nitrogen and oxygen atoms in total. The third-order valence-electron chi connectivity index (χ3n) is 5.60. The summed E-state index contributed by atoms with van der Waals surface area (Å²) in [7, 11) is 0. The lowest BCUT2D eigenvalue weighted by atomic mass is 9.87. The lowest BCUT2D eigenvalue weighted by molar-refractivity contribution is 0.0410. The number of hydrogen-bond donors (Lipinski definition) is 4. The minimum absolute atomic E-state index is 0.254. The molecule has 0 radical (unpaired) electrons. The van der Waals surface area contributed by atoms with Gasteiger partial charge in [0.1, 0.15) is 17.6 Å². The number of imidazole rings is 1. The molecule has 0 aliphatic heterocycles. The van der Waals surface area contributed by atoms with Crippen LogP contribution in [-0.4, -0.2) is 55.8 Å². The van der Waals surface area contributed by atoms with E-state index < -0.39 is 12.1 Å². The van der Waals surface area contributed by atoms with Crippen molar-refractivity contribution in [1.29, 1.82) is 0 Å². The van der Waals surface area contributed by atoms with Crippen molar-refractivity contribution in [3.05, 3.63) is 42.5 Å². The molecule has 2 aromatic heterocycles. The Morgan fingerprint density at radius 1 is 1.29 bits per heavy atom. The minimum Gasteiger partial charge on any atom is -0.494 e. The number of nitrogens with two attached hydrogens (primary N) is 2. The Balaban J connectivity index is 1.47. The summed E-state index contributed by atoms with van der Waals surface area (Å²) in [6.07, 6.45) is 5.21. The van der Waals surface area contributed by atoms with Crippen LogP contribution in [0.1, 0.15) is 42.1 Å². The minimum atomic E-state index is -0.796. The maximum absolute atomic E-state index is 12.8. The van der Waals surface area contributed by atoms with E-state index in [4.69, 9.17) is 16.2 Å². The summed E-state index contributed by atoms with van der Waals surface area (Å²) in [5, 5.41) is 14.0. The molecule has 2 heterocycles. The summed E-state index contributed by atoms with van der Waals surface area (Å²) in [6.45, 7) is 1.04. The first-order chi connectivity index (χ1) is 15.1. The number of anilines is 1. The Bertz CT molecular complexity index is 1050. The quantitative estimate of drug-likeness (QED) is 0.409. The van der Waals surface area contributed by atoms with Crippen molar-refractivity contribution in [2.24, 2.45) is 5.73 Å². The number of carbonyl (C=O) groups is 1. The van der Waals surface area contributed by atoms with Gasteiger partial charge in [-0.1, -0.05) is 6.07 Å². The van der Waals surface area contributed by atoms with E-state index in [0.29, 0.717) is 47.9 Å². The second-order valence-electron chi connectivity index (χ2n) is 7.67. The number of aliphatic hydroxyl groups excluding tert-OH is 1. The maximum Gasteiger partial charge on any atom is 0.251 e. The maximum atomic E-state index is 12.8. The van der Waals surface area contributed by atoms with E-state index in [1.165, 1.54) is 6.33 Å². The number of fused-ring (bicyclic) bond motifs is 1. The molecule has 1 aliphatic carbocycles. The summed E-state index contributed by atoms with van der Waals surface area (Å²) in [5.74, 6) is 0.661. The average molecular weight is 425 g/mol. The second kappa shape index (κ2) is 9.27. The Labute approximate surface area is 179 Å². The van der Waals surface area contributed by atoms with Gasteiger partial charge in [-0.25, -0.2) is 15.0 Å². The van der Waals surface area contributed by atoms with Crippen molar-refractivity contribution in [1.82, 2.24) is 24.8 Å². The summed E-state index contributed by atoms with van der Waals surface area (Å²) < 4.78 is 7.44. The second-order valence-corrected chi connectivity index (χ2v) is 7.67. The number of amides is 1. The number of hydrogen-bond acceptors (Lipinski definition) is 8. The van der Waals surface area contributed by atoms with E-state index in [1.807, 2.05) is 4.57 Å². The molecular weight excluding hydrogens is 398 g/mol. The monoisotopic (exact) mass is 425 g/mol. The molecule has 3 atom stereocenters. The molecule has 0 unspecified atom stereocenters. The smallest absolute Gasteiger partial charge is 0.251 e. The van der Waals surface area contributed by atoms with Gasteiger partial charge in [-0.05, 0) is 50.4 Å². The fraction of sp³-hybridized carbons (Fsp3) is 0.429. The number of benzene rings is 1. The molecule has 1 aromatic carbocycles. The number of carbonyl (C=O) groups excluding carboxylic acids is 1. The lowest BCUT2D eigenvalue weighted by Crippen LogP contribution is -2.49. The first-order valence-corrected chi connectivity index (χ1v) is 10.4. The van der Waals surface area contributed by atoms with Crippen LogP contribution in [0.2, 0.25) is 0 Å². The number of aliphatic hydroxyl groups is 1. The number of rotatable bonds is 7. The predicted octanol–water partition coefficient (Wildman–Crippen LogP) is 1.02. The summed E-state index contributed by atoms with van der Waals surface area (Å²) in [4.78, 5) is 25.4. The van der Waals surface area contributed by atoms with Crippen LogP contribution < -0.4 is 21.5 Å². The third kappa shape index (κ3) is 4.44. The Morgan fingerprint density at radius 2 is 2.16 bits per heavy atom. The van der Waals surface area contributed by atoms with E-state index in [2.05, 4.69) is 20.3 Å². The van der Waals surface area contributed by atoms with Crippen LogP contribution >= 0.6 is 0 Å². The number of nitrogens with one attached hydrogen (secondary N) is 1. The van der Waals surface area contributed by atoms with Crippen molar-refractivity contribution >= 4 is 22.9 Å². The van der Waals surface area contributed by atoms with Crippen LogP contribution in [0, 0.1) is 0 Å². The topological polar surface area (TPSA) is 154 Å². The highest BCUT2D eigenvalue weighted by molar-refractivity contribution is 5.94. The van der Waals surface area contributed by atoms with Crippen LogP contribution in [0.15, 0.2) is 36.9 Å². The van der Waals surface area contributed by atoms with Crippen molar-refractivity contribution in [2.75, 3.05) is 18.9 Å². The normalized spacial score (nSPS) is 21.2. The number of aromatic nitrogens is 4. The largest absolute Gasteiger partial charge is 0.494 e. The zero-order valence-corrected chi connectivity index (χ0v) is 17.1. The first kappa shape index (κ1) is 21.0. The fourth-order valence-corrected chi connectivity index (χ4v) is 3.98. The molecule has 6 N–H and O–H groups in total. The molecule has 164 valence electrons. The van der Waals surface area contributed by atoms with Gasteiger partial charge in [-0.3, -0.25) is 4.79 Å².